The number of hydrogen-bond acceptors (Lipinski definition) is 2. The van der Waals surface area contributed by atoms with Gasteiger partial charge in [0.1, 0.15) is 0 Å². The summed E-state index contributed by atoms with van der Waals surface area (Å²) in [5, 5.41) is 3.54. The zero-order valence-corrected chi connectivity index (χ0v) is 12.5. The number of halogens is 1. The number of likely N-dealkylation sites (N-methyl/N-ethyl adjacent to an activating group) is 1. The first kappa shape index (κ1) is 13.9. The van der Waals surface area contributed by atoms with Crippen molar-refractivity contribution >= 4 is 22.6 Å². The molecule has 0 aromatic heterocycles. The van der Waals surface area contributed by atoms with Crippen molar-refractivity contribution in [3.63, 3.8) is 0 Å². The van der Waals surface area contributed by atoms with Gasteiger partial charge in [0.25, 0.3) is 0 Å². The Hall–Kier alpha value is -0.130. The smallest absolute Gasteiger partial charge is 0.0208 e. The minimum Gasteiger partial charge on any atom is -0.309 e. The molecular weight excluding hydrogens is 311 g/mol. The predicted octanol–water partition coefficient (Wildman–Crippen LogP) is 2.72. The molecule has 1 rings (SSSR count). The number of rotatable bonds is 6. The SMILES string of the molecule is CCN(C)CC(C)NCc1ccc(I)cc1. The molecule has 1 N–H and O–H groups in total. The molecule has 0 saturated carbocycles. The van der Waals surface area contributed by atoms with Crippen molar-refractivity contribution in [2.24, 2.45) is 0 Å². The van der Waals surface area contributed by atoms with Gasteiger partial charge in [-0.1, -0.05) is 19.1 Å². The van der Waals surface area contributed by atoms with E-state index < -0.39 is 0 Å². The Morgan fingerprint density at radius 3 is 2.50 bits per heavy atom. The minimum absolute atomic E-state index is 0.532. The van der Waals surface area contributed by atoms with E-state index in [1.807, 2.05) is 0 Å². The second-order valence-corrected chi connectivity index (χ2v) is 5.51. The lowest BCUT2D eigenvalue weighted by molar-refractivity contribution is 0.309. The molecule has 90 valence electrons. The van der Waals surface area contributed by atoms with E-state index >= 15 is 0 Å². The van der Waals surface area contributed by atoms with Gasteiger partial charge in [-0.2, -0.15) is 0 Å². The van der Waals surface area contributed by atoms with Crippen LogP contribution in [0.5, 0.6) is 0 Å². The molecule has 2 nitrogen and oxygen atoms in total. The molecule has 0 aliphatic heterocycles. The molecule has 0 spiro atoms. The summed E-state index contributed by atoms with van der Waals surface area (Å²) in [6.07, 6.45) is 0. The highest BCUT2D eigenvalue weighted by atomic mass is 127. The van der Waals surface area contributed by atoms with Crippen LogP contribution in [0.15, 0.2) is 24.3 Å². The van der Waals surface area contributed by atoms with Crippen molar-refractivity contribution in [2.45, 2.75) is 26.4 Å². The maximum absolute atomic E-state index is 3.54. The highest BCUT2D eigenvalue weighted by Crippen LogP contribution is 2.06. The van der Waals surface area contributed by atoms with Crippen LogP contribution in [0.4, 0.5) is 0 Å². The van der Waals surface area contributed by atoms with Crippen LogP contribution in [0.1, 0.15) is 19.4 Å². The molecule has 0 heterocycles. The summed E-state index contributed by atoms with van der Waals surface area (Å²) in [4.78, 5) is 2.32. The molecule has 1 aromatic carbocycles. The molecule has 0 aliphatic carbocycles. The Labute approximate surface area is 113 Å². The van der Waals surface area contributed by atoms with Gasteiger partial charge in [-0.15, -0.1) is 0 Å². The molecule has 1 atom stereocenters. The monoisotopic (exact) mass is 332 g/mol. The van der Waals surface area contributed by atoms with Gasteiger partial charge < -0.3 is 10.2 Å². The highest BCUT2D eigenvalue weighted by molar-refractivity contribution is 14.1. The van der Waals surface area contributed by atoms with Crippen LogP contribution in [0.2, 0.25) is 0 Å². The van der Waals surface area contributed by atoms with Crippen molar-refractivity contribution in [1.82, 2.24) is 10.2 Å². The number of nitrogens with zero attached hydrogens (tertiary/aromatic N) is 1. The van der Waals surface area contributed by atoms with Crippen LogP contribution in [0, 0.1) is 3.57 Å². The second kappa shape index (κ2) is 7.25. The molecule has 0 bridgehead atoms. The third-order valence-corrected chi connectivity index (χ3v) is 3.41. The molecular formula is C13H21IN2. The van der Waals surface area contributed by atoms with Crippen molar-refractivity contribution in [2.75, 3.05) is 20.1 Å². The van der Waals surface area contributed by atoms with E-state index in [0.717, 1.165) is 19.6 Å². The van der Waals surface area contributed by atoms with Crippen LogP contribution >= 0.6 is 22.6 Å². The Bertz CT molecular complexity index is 297. The van der Waals surface area contributed by atoms with Crippen LogP contribution in [-0.4, -0.2) is 31.1 Å². The van der Waals surface area contributed by atoms with E-state index in [1.54, 1.807) is 0 Å². The van der Waals surface area contributed by atoms with Gasteiger partial charge in [-0.25, -0.2) is 0 Å². The van der Waals surface area contributed by atoms with Gasteiger partial charge in [0.05, 0.1) is 0 Å². The Morgan fingerprint density at radius 2 is 1.94 bits per heavy atom. The van der Waals surface area contributed by atoms with Crippen LogP contribution in [0.25, 0.3) is 0 Å². The van der Waals surface area contributed by atoms with Crippen molar-refractivity contribution in [3.05, 3.63) is 33.4 Å². The van der Waals surface area contributed by atoms with E-state index in [9.17, 15) is 0 Å². The number of nitrogens with one attached hydrogen (secondary N) is 1. The predicted molar refractivity (Wildman–Crippen MR) is 78.6 cm³/mol. The molecule has 0 radical (unpaired) electrons. The van der Waals surface area contributed by atoms with E-state index in [4.69, 9.17) is 0 Å². The summed E-state index contributed by atoms with van der Waals surface area (Å²) in [5.41, 5.74) is 1.35. The average Bonchev–Trinajstić information content (AvgIpc) is 2.28. The normalized spacial score (nSPS) is 13.1. The van der Waals surface area contributed by atoms with Crippen molar-refractivity contribution in [1.29, 1.82) is 0 Å². The Morgan fingerprint density at radius 1 is 1.31 bits per heavy atom. The largest absolute Gasteiger partial charge is 0.309 e. The van der Waals surface area contributed by atoms with Gasteiger partial charge in [0, 0.05) is 22.7 Å². The van der Waals surface area contributed by atoms with Crippen LogP contribution in [0.3, 0.4) is 0 Å². The van der Waals surface area contributed by atoms with Gasteiger partial charge in [0.2, 0.25) is 0 Å². The Balaban J connectivity index is 2.31. The van der Waals surface area contributed by atoms with E-state index in [-0.39, 0.29) is 0 Å². The first-order chi connectivity index (χ1) is 7.61. The van der Waals surface area contributed by atoms with Crippen molar-refractivity contribution < 1.29 is 0 Å². The lowest BCUT2D eigenvalue weighted by atomic mass is 10.2. The fourth-order valence-corrected chi connectivity index (χ4v) is 1.92. The second-order valence-electron chi connectivity index (χ2n) is 4.26. The summed E-state index contributed by atoms with van der Waals surface area (Å²) in [6.45, 7) is 7.58. The molecule has 0 fully saturated rings. The van der Waals surface area contributed by atoms with Crippen LogP contribution < -0.4 is 5.32 Å². The standard InChI is InChI=1S/C13H21IN2/c1-4-16(3)10-11(2)15-9-12-5-7-13(14)8-6-12/h5-8,11,15H,4,9-10H2,1-3H3. The first-order valence-corrected chi connectivity index (χ1v) is 6.86. The van der Waals surface area contributed by atoms with E-state index in [2.05, 4.69) is 78.0 Å². The quantitative estimate of drug-likeness (QED) is 0.806. The molecule has 1 unspecified atom stereocenters. The van der Waals surface area contributed by atoms with Gasteiger partial charge in [0.15, 0.2) is 0 Å². The Kier molecular flexibility index (Phi) is 6.31. The molecule has 1 aromatic rings. The first-order valence-electron chi connectivity index (χ1n) is 5.78. The maximum atomic E-state index is 3.54. The summed E-state index contributed by atoms with van der Waals surface area (Å²) in [6, 6.07) is 9.21. The third-order valence-electron chi connectivity index (χ3n) is 2.69. The highest BCUT2D eigenvalue weighted by Gasteiger charge is 2.03. The van der Waals surface area contributed by atoms with Gasteiger partial charge >= 0.3 is 0 Å². The zero-order valence-electron chi connectivity index (χ0n) is 10.3. The van der Waals surface area contributed by atoms with Gasteiger partial charge in [-0.3, -0.25) is 0 Å². The fourth-order valence-electron chi connectivity index (χ4n) is 1.56. The third kappa shape index (κ3) is 5.27. The maximum Gasteiger partial charge on any atom is 0.0208 e. The number of benzene rings is 1. The fraction of sp³-hybridized carbons (Fsp3) is 0.538. The minimum atomic E-state index is 0.532. The topological polar surface area (TPSA) is 15.3 Å². The van der Waals surface area contributed by atoms with E-state index in [1.165, 1.54) is 9.13 Å². The number of hydrogen-bond donors (Lipinski definition) is 1. The summed E-state index contributed by atoms with van der Waals surface area (Å²) in [7, 11) is 2.16. The summed E-state index contributed by atoms with van der Waals surface area (Å²) < 4.78 is 1.29. The zero-order chi connectivity index (χ0) is 12.0. The summed E-state index contributed by atoms with van der Waals surface area (Å²) >= 11 is 2.33. The van der Waals surface area contributed by atoms with Gasteiger partial charge in [-0.05, 0) is 60.8 Å². The molecule has 3 heteroatoms. The lowest BCUT2D eigenvalue weighted by Crippen LogP contribution is -2.36. The molecule has 0 amide bonds. The average molecular weight is 332 g/mol. The summed E-state index contributed by atoms with van der Waals surface area (Å²) in [5.74, 6) is 0. The van der Waals surface area contributed by atoms with Crippen LogP contribution in [-0.2, 0) is 6.54 Å². The molecule has 0 saturated heterocycles. The van der Waals surface area contributed by atoms with Crippen molar-refractivity contribution in [3.8, 4) is 0 Å². The lowest BCUT2D eigenvalue weighted by Gasteiger charge is -2.20. The molecule has 0 aliphatic rings. The molecule has 16 heavy (non-hydrogen) atoms. The van der Waals surface area contributed by atoms with E-state index in [0.29, 0.717) is 6.04 Å².